The summed E-state index contributed by atoms with van der Waals surface area (Å²) in [5.41, 5.74) is 1.43. The molecule has 0 radical (unpaired) electrons. The maximum absolute atomic E-state index is 13.2. The Bertz CT molecular complexity index is 1190. The second-order valence-electron chi connectivity index (χ2n) is 7.81. The Kier molecular flexibility index (Phi) is 8.79. The number of ether oxygens (including phenoxy) is 2. The molecule has 182 valence electrons. The molecular formula is C25H31ClN4O4. The van der Waals surface area contributed by atoms with E-state index in [9.17, 15) is 9.59 Å². The number of fused-ring (bicyclic) bond motifs is 1. The van der Waals surface area contributed by atoms with Crippen LogP contribution in [0.2, 0.25) is 5.02 Å². The van der Waals surface area contributed by atoms with Gasteiger partial charge in [-0.15, -0.1) is 0 Å². The Morgan fingerprint density at radius 2 is 1.74 bits per heavy atom. The zero-order chi connectivity index (χ0) is 24.7. The molecule has 0 fully saturated rings. The predicted octanol–water partition coefficient (Wildman–Crippen LogP) is 4.57. The molecule has 0 atom stereocenters. The first-order chi connectivity index (χ1) is 16.4. The zero-order valence-electron chi connectivity index (χ0n) is 20.0. The van der Waals surface area contributed by atoms with E-state index in [1.165, 1.54) is 0 Å². The summed E-state index contributed by atoms with van der Waals surface area (Å²) in [5.74, 6) is 1.09. The number of hydrogen-bond donors (Lipinski definition) is 2. The van der Waals surface area contributed by atoms with E-state index in [0.717, 1.165) is 18.5 Å². The van der Waals surface area contributed by atoms with Gasteiger partial charge in [-0.3, -0.25) is 4.79 Å². The van der Waals surface area contributed by atoms with E-state index >= 15 is 0 Å². The van der Waals surface area contributed by atoms with Gasteiger partial charge in [0, 0.05) is 40.8 Å². The van der Waals surface area contributed by atoms with Gasteiger partial charge >= 0.3 is 6.03 Å². The van der Waals surface area contributed by atoms with Crippen LogP contribution in [0.5, 0.6) is 11.5 Å². The Morgan fingerprint density at radius 3 is 2.38 bits per heavy atom. The third-order valence-corrected chi connectivity index (χ3v) is 5.97. The fourth-order valence-corrected chi connectivity index (χ4v) is 3.91. The van der Waals surface area contributed by atoms with Gasteiger partial charge in [-0.05, 0) is 43.4 Å². The van der Waals surface area contributed by atoms with Crippen molar-refractivity contribution in [2.24, 2.45) is 0 Å². The first-order valence-electron chi connectivity index (χ1n) is 11.2. The number of benzene rings is 2. The standard InChI is InChI=1S/C25H31ClN4O4/c1-5-29(6-2)10-11-30(25(32)27-20-9-7-8-19(26)14-20)16-18-12-17-13-22(33-3)23(34-4)15-21(17)28-24(18)31/h7-9,12-15H,5-6,10-11,16H2,1-4H3,(H,27,32)(H,28,31). The molecule has 1 heterocycles. The first kappa shape index (κ1) is 25.4. The molecule has 2 amide bonds. The van der Waals surface area contributed by atoms with Crippen LogP contribution in [0.25, 0.3) is 10.9 Å². The first-order valence-corrected chi connectivity index (χ1v) is 11.6. The van der Waals surface area contributed by atoms with E-state index < -0.39 is 0 Å². The fourth-order valence-electron chi connectivity index (χ4n) is 3.72. The van der Waals surface area contributed by atoms with Crippen LogP contribution in [-0.4, -0.2) is 61.2 Å². The van der Waals surface area contributed by atoms with Crippen molar-refractivity contribution >= 4 is 34.2 Å². The third kappa shape index (κ3) is 6.21. The van der Waals surface area contributed by atoms with Crippen LogP contribution in [0.4, 0.5) is 10.5 Å². The van der Waals surface area contributed by atoms with Crippen LogP contribution < -0.4 is 20.3 Å². The molecule has 0 saturated heterocycles. The summed E-state index contributed by atoms with van der Waals surface area (Å²) < 4.78 is 10.7. The van der Waals surface area contributed by atoms with Gasteiger partial charge in [-0.1, -0.05) is 31.5 Å². The number of H-pyrrole nitrogens is 1. The third-order valence-electron chi connectivity index (χ3n) is 5.73. The van der Waals surface area contributed by atoms with Crippen molar-refractivity contribution in [1.82, 2.24) is 14.8 Å². The molecule has 0 aliphatic heterocycles. The molecular weight excluding hydrogens is 456 g/mol. The minimum atomic E-state index is -0.304. The minimum Gasteiger partial charge on any atom is -0.493 e. The molecule has 3 aromatic rings. The maximum atomic E-state index is 13.2. The summed E-state index contributed by atoms with van der Waals surface area (Å²) >= 11 is 6.06. The highest BCUT2D eigenvalue weighted by molar-refractivity contribution is 6.30. The smallest absolute Gasteiger partial charge is 0.322 e. The Morgan fingerprint density at radius 1 is 1.03 bits per heavy atom. The van der Waals surface area contributed by atoms with Gasteiger partial charge in [0.25, 0.3) is 5.56 Å². The molecule has 1 aromatic heterocycles. The number of carbonyl (C=O) groups is 1. The van der Waals surface area contributed by atoms with Gasteiger partial charge in [0.2, 0.25) is 0 Å². The van der Waals surface area contributed by atoms with Crippen LogP contribution >= 0.6 is 11.6 Å². The highest BCUT2D eigenvalue weighted by atomic mass is 35.5. The van der Waals surface area contributed by atoms with E-state index in [1.54, 1.807) is 61.6 Å². The number of amides is 2. The van der Waals surface area contributed by atoms with E-state index in [0.29, 0.717) is 46.4 Å². The molecule has 34 heavy (non-hydrogen) atoms. The Balaban J connectivity index is 1.91. The fraction of sp³-hybridized carbons (Fsp3) is 0.360. The Hall–Kier alpha value is -3.23. The normalized spacial score (nSPS) is 11.0. The lowest BCUT2D eigenvalue weighted by molar-refractivity contribution is 0.194. The lowest BCUT2D eigenvalue weighted by Gasteiger charge is -2.26. The van der Waals surface area contributed by atoms with Gasteiger partial charge in [-0.2, -0.15) is 0 Å². The number of methoxy groups -OCH3 is 2. The number of hydrogen-bond acceptors (Lipinski definition) is 5. The van der Waals surface area contributed by atoms with E-state index in [1.807, 2.05) is 0 Å². The number of carbonyl (C=O) groups excluding carboxylic acids is 1. The maximum Gasteiger partial charge on any atom is 0.322 e. The number of urea groups is 1. The molecule has 0 aliphatic rings. The molecule has 9 heteroatoms. The lowest BCUT2D eigenvalue weighted by Crippen LogP contribution is -2.41. The van der Waals surface area contributed by atoms with Crippen molar-refractivity contribution in [2.75, 3.05) is 45.7 Å². The number of halogens is 1. The number of likely N-dealkylation sites (N-methyl/N-ethyl adjacent to an activating group) is 1. The topological polar surface area (TPSA) is 86.9 Å². The van der Waals surface area contributed by atoms with Gasteiger partial charge in [0.15, 0.2) is 11.5 Å². The number of nitrogens with one attached hydrogen (secondary N) is 2. The molecule has 8 nitrogen and oxygen atoms in total. The van der Waals surface area contributed by atoms with Crippen molar-refractivity contribution < 1.29 is 14.3 Å². The molecule has 0 aliphatic carbocycles. The molecule has 0 bridgehead atoms. The molecule has 0 saturated carbocycles. The van der Waals surface area contributed by atoms with Crippen LogP contribution in [0.3, 0.4) is 0 Å². The van der Waals surface area contributed by atoms with Crippen LogP contribution in [-0.2, 0) is 6.54 Å². The average molecular weight is 487 g/mol. The van der Waals surface area contributed by atoms with Crippen LogP contribution in [0.1, 0.15) is 19.4 Å². The summed E-state index contributed by atoms with van der Waals surface area (Å²) in [6, 6.07) is 12.0. The number of anilines is 1. The number of aromatic nitrogens is 1. The van der Waals surface area contributed by atoms with Gasteiger partial charge in [0.05, 0.1) is 26.3 Å². The van der Waals surface area contributed by atoms with E-state index in [4.69, 9.17) is 21.1 Å². The highest BCUT2D eigenvalue weighted by Crippen LogP contribution is 2.31. The molecule has 2 aromatic carbocycles. The highest BCUT2D eigenvalue weighted by Gasteiger charge is 2.18. The van der Waals surface area contributed by atoms with Gasteiger partial charge < -0.3 is 29.6 Å². The van der Waals surface area contributed by atoms with Gasteiger partial charge in [0.1, 0.15) is 0 Å². The summed E-state index contributed by atoms with van der Waals surface area (Å²) in [5, 5.41) is 4.20. The van der Waals surface area contributed by atoms with E-state index in [2.05, 4.69) is 29.0 Å². The molecule has 3 rings (SSSR count). The number of rotatable bonds is 10. The second kappa shape index (κ2) is 11.8. The largest absolute Gasteiger partial charge is 0.493 e. The molecule has 2 N–H and O–H groups in total. The zero-order valence-corrected chi connectivity index (χ0v) is 20.7. The SMILES string of the molecule is CCN(CC)CCN(Cc1cc2cc(OC)c(OC)cc2[nH]c1=O)C(=O)Nc1cccc(Cl)c1. The number of nitrogens with zero attached hydrogens (tertiary/aromatic N) is 2. The van der Waals surface area contributed by atoms with Crippen molar-refractivity contribution in [3.63, 3.8) is 0 Å². The molecule has 0 unspecified atom stereocenters. The van der Waals surface area contributed by atoms with Crippen molar-refractivity contribution in [2.45, 2.75) is 20.4 Å². The quantitative estimate of drug-likeness (QED) is 0.438. The van der Waals surface area contributed by atoms with Crippen molar-refractivity contribution in [3.8, 4) is 11.5 Å². The summed E-state index contributed by atoms with van der Waals surface area (Å²) in [6.45, 7) is 7.19. The monoisotopic (exact) mass is 486 g/mol. The van der Waals surface area contributed by atoms with Crippen molar-refractivity contribution in [1.29, 1.82) is 0 Å². The number of pyridine rings is 1. The minimum absolute atomic E-state index is 0.146. The van der Waals surface area contributed by atoms with Crippen molar-refractivity contribution in [3.05, 3.63) is 63.4 Å². The van der Waals surface area contributed by atoms with Crippen LogP contribution in [0, 0.1) is 0 Å². The average Bonchev–Trinajstić information content (AvgIpc) is 2.83. The summed E-state index contributed by atoms with van der Waals surface area (Å²) in [7, 11) is 3.11. The lowest BCUT2D eigenvalue weighted by atomic mass is 10.1. The van der Waals surface area contributed by atoms with Gasteiger partial charge in [-0.25, -0.2) is 4.79 Å². The van der Waals surface area contributed by atoms with E-state index in [-0.39, 0.29) is 18.1 Å². The Labute approximate surface area is 204 Å². The summed E-state index contributed by atoms with van der Waals surface area (Å²) in [6.07, 6.45) is 0. The summed E-state index contributed by atoms with van der Waals surface area (Å²) in [4.78, 5) is 32.8. The van der Waals surface area contributed by atoms with Crippen LogP contribution in [0.15, 0.2) is 47.3 Å². The molecule has 0 spiro atoms. The second-order valence-corrected chi connectivity index (χ2v) is 8.24. The number of aromatic amines is 1. The predicted molar refractivity (Wildman–Crippen MR) is 136 cm³/mol.